The summed E-state index contributed by atoms with van der Waals surface area (Å²) in [6.07, 6.45) is 0.323. The highest BCUT2D eigenvalue weighted by atomic mass is 16.3. The van der Waals surface area contributed by atoms with Crippen LogP contribution in [0.3, 0.4) is 0 Å². The monoisotopic (exact) mass is 278 g/mol. The van der Waals surface area contributed by atoms with E-state index in [1.807, 2.05) is 31.2 Å². The molecule has 0 aliphatic rings. The Morgan fingerprint density at radius 1 is 1.20 bits per heavy atom. The van der Waals surface area contributed by atoms with E-state index in [2.05, 4.69) is 24.5 Å². The molecular formula is C16H26N2O2. The molecule has 0 aliphatic carbocycles. The van der Waals surface area contributed by atoms with Crippen LogP contribution in [-0.2, 0) is 4.79 Å². The number of anilines is 1. The normalized spacial score (nSPS) is 14.1. The fraction of sp³-hybridized carbons (Fsp3) is 0.562. The van der Waals surface area contributed by atoms with E-state index in [4.69, 9.17) is 0 Å². The number of benzene rings is 1. The van der Waals surface area contributed by atoms with E-state index < -0.39 is 6.10 Å². The van der Waals surface area contributed by atoms with E-state index in [0.29, 0.717) is 12.5 Å². The zero-order valence-electron chi connectivity index (χ0n) is 12.8. The number of rotatable bonds is 7. The van der Waals surface area contributed by atoms with Crippen molar-refractivity contribution in [2.45, 2.75) is 46.3 Å². The molecule has 0 fully saturated rings. The largest absolute Gasteiger partial charge is 0.392 e. The van der Waals surface area contributed by atoms with Crippen LogP contribution in [0.25, 0.3) is 0 Å². The average Bonchev–Trinajstić information content (AvgIpc) is 2.37. The summed E-state index contributed by atoms with van der Waals surface area (Å²) in [5.74, 6) is 0.356. The van der Waals surface area contributed by atoms with Crippen LogP contribution >= 0.6 is 0 Å². The third-order valence-corrected chi connectivity index (χ3v) is 3.12. The number of amides is 1. The second-order valence-electron chi connectivity index (χ2n) is 5.77. The van der Waals surface area contributed by atoms with E-state index in [1.165, 1.54) is 0 Å². The zero-order valence-corrected chi connectivity index (χ0v) is 12.8. The molecule has 3 N–H and O–H groups in total. The molecule has 1 aromatic rings. The number of carbonyl (C=O) groups excluding carboxylic acids is 1. The highest BCUT2D eigenvalue weighted by Crippen LogP contribution is 2.09. The molecule has 1 rings (SSSR count). The first-order chi connectivity index (χ1) is 9.38. The molecule has 0 saturated carbocycles. The van der Waals surface area contributed by atoms with E-state index in [0.717, 1.165) is 17.7 Å². The molecule has 1 amide bonds. The average molecular weight is 278 g/mol. The number of hydrogen-bond donors (Lipinski definition) is 3. The van der Waals surface area contributed by atoms with Crippen molar-refractivity contribution in [3.63, 3.8) is 0 Å². The summed E-state index contributed by atoms with van der Waals surface area (Å²) in [4.78, 5) is 12.0. The SMILES string of the molecule is Cc1ccc(NC(=O)C(C)NCC(O)CC(C)C)cc1. The minimum Gasteiger partial charge on any atom is -0.392 e. The van der Waals surface area contributed by atoms with Gasteiger partial charge in [-0.05, 0) is 38.3 Å². The minimum absolute atomic E-state index is 0.0920. The maximum Gasteiger partial charge on any atom is 0.241 e. The van der Waals surface area contributed by atoms with Crippen LogP contribution in [0.5, 0.6) is 0 Å². The van der Waals surface area contributed by atoms with Gasteiger partial charge in [-0.3, -0.25) is 4.79 Å². The fourth-order valence-corrected chi connectivity index (χ4v) is 1.92. The lowest BCUT2D eigenvalue weighted by Crippen LogP contribution is -2.42. The Balaban J connectivity index is 2.37. The number of carbonyl (C=O) groups is 1. The molecule has 0 radical (unpaired) electrons. The van der Waals surface area contributed by atoms with Gasteiger partial charge in [-0.15, -0.1) is 0 Å². The highest BCUT2D eigenvalue weighted by Gasteiger charge is 2.14. The van der Waals surface area contributed by atoms with Crippen molar-refractivity contribution < 1.29 is 9.90 Å². The molecule has 2 atom stereocenters. The zero-order chi connectivity index (χ0) is 15.1. The van der Waals surface area contributed by atoms with Gasteiger partial charge in [0.1, 0.15) is 0 Å². The van der Waals surface area contributed by atoms with Gasteiger partial charge in [-0.1, -0.05) is 31.5 Å². The molecule has 4 heteroatoms. The summed E-state index contributed by atoms with van der Waals surface area (Å²) < 4.78 is 0. The quantitative estimate of drug-likeness (QED) is 0.717. The summed E-state index contributed by atoms with van der Waals surface area (Å²) in [6.45, 7) is 8.37. The maximum absolute atomic E-state index is 12.0. The van der Waals surface area contributed by atoms with E-state index in [-0.39, 0.29) is 11.9 Å². The Labute approximate surface area is 121 Å². The lowest BCUT2D eigenvalue weighted by molar-refractivity contribution is -0.117. The van der Waals surface area contributed by atoms with Gasteiger partial charge >= 0.3 is 0 Å². The second-order valence-corrected chi connectivity index (χ2v) is 5.77. The van der Waals surface area contributed by atoms with Crippen LogP contribution in [0.4, 0.5) is 5.69 Å². The summed E-state index contributed by atoms with van der Waals surface area (Å²) in [5.41, 5.74) is 1.95. The second kappa shape index (κ2) is 8.02. The summed E-state index contributed by atoms with van der Waals surface area (Å²) in [7, 11) is 0. The lowest BCUT2D eigenvalue weighted by Gasteiger charge is -2.18. The van der Waals surface area contributed by atoms with Gasteiger partial charge < -0.3 is 15.7 Å². The predicted molar refractivity (Wildman–Crippen MR) is 82.7 cm³/mol. The van der Waals surface area contributed by atoms with Gasteiger partial charge in [-0.2, -0.15) is 0 Å². The summed E-state index contributed by atoms with van der Waals surface area (Å²) >= 11 is 0. The van der Waals surface area contributed by atoms with Crippen molar-refractivity contribution in [3.05, 3.63) is 29.8 Å². The van der Waals surface area contributed by atoms with Crippen molar-refractivity contribution in [1.82, 2.24) is 5.32 Å². The van der Waals surface area contributed by atoms with E-state index in [9.17, 15) is 9.90 Å². The van der Waals surface area contributed by atoms with Gasteiger partial charge in [0, 0.05) is 12.2 Å². The number of aliphatic hydroxyl groups is 1. The molecule has 20 heavy (non-hydrogen) atoms. The first kappa shape index (κ1) is 16.7. The molecule has 0 heterocycles. The van der Waals surface area contributed by atoms with Crippen LogP contribution in [0.1, 0.15) is 32.8 Å². The molecule has 0 aliphatic heterocycles. The van der Waals surface area contributed by atoms with Gasteiger partial charge in [0.25, 0.3) is 0 Å². The van der Waals surface area contributed by atoms with Crippen molar-refractivity contribution >= 4 is 11.6 Å². The first-order valence-electron chi connectivity index (χ1n) is 7.17. The number of aryl methyl sites for hydroxylation is 1. The van der Waals surface area contributed by atoms with Crippen LogP contribution in [-0.4, -0.2) is 29.7 Å². The Bertz CT molecular complexity index is 415. The Hall–Kier alpha value is -1.39. The number of hydrogen-bond acceptors (Lipinski definition) is 3. The molecule has 2 unspecified atom stereocenters. The molecule has 4 nitrogen and oxygen atoms in total. The predicted octanol–water partition coefficient (Wildman–Crippen LogP) is 2.32. The van der Waals surface area contributed by atoms with Crippen LogP contribution in [0, 0.1) is 12.8 Å². The summed E-state index contributed by atoms with van der Waals surface area (Å²) in [5, 5.41) is 15.7. The van der Waals surface area contributed by atoms with Gasteiger partial charge in [0.15, 0.2) is 0 Å². The van der Waals surface area contributed by atoms with Crippen LogP contribution in [0.15, 0.2) is 24.3 Å². The van der Waals surface area contributed by atoms with E-state index in [1.54, 1.807) is 6.92 Å². The minimum atomic E-state index is -0.412. The lowest BCUT2D eigenvalue weighted by atomic mass is 10.1. The Morgan fingerprint density at radius 3 is 2.35 bits per heavy atom. The van der Waals surface area contributed by atoms with Gasteiger partial charge in [-0.25, -0.2) is 0 Å². The smallest absolute Gasteiger partial charge is 0.241 e. The van der Waals surface area contributed by atoms with E-state index >= 15 is 0 Å². The Morgan fingerprint density at radius 2 is 1.80 bits per heavy atom. The van der Waals surface area contributed by atoms with Crippen molar-refractivity contribution in [3.8, 4) is 0 Å². The van der Waals surface area contributed by atoms with Crippen LogP contribution < -0.4 is 10.6 Å². The molecule has 0 bridgehead atoms. The molecule has 0 spiro atoms. The molecular weight excluding hydrogens is 252 g/mol. The molecule has 0 aromatic heterocycles. The number of nitrogens with one attached hydrogen (secondary N) is 2. The van der Waals surface area contributed by atoms with Crippen molar-refractivity contribution in [2.24, 2.45) is 5.92 Å². The molecule has 112 valence electrons. The third-order valence-electron chi connectivity index (χ3n) is 3.12. The van der Waals surface area contributed by atoms with Crippen LogP contribution in [0.2, 0.25) is 0 Å². The fourth-order valence-electron chi connectivity index (χ4n) is 1.92. The number of aliphatic hydroxyl groups excluding tert-OH is 1. The summed E-state index contributed by atoms with van der Waals surface area (Å²) in [6, 6.07) is 7.35. The molecule has 1 aromatic carbocycles. The maximum atomic E-state index is 12.0. The third kappa shape index (κ3) is 6.17. The topological polar surface area (TPSA) is 61.4 Å². The first-order valence-corrected chi connectivity index (χ1v) is 7.17. The van der Waals surface area contributed by atoms with Crippen molar-refractivity contribution in [1.29, 1.82) is 0 Å². The highest BCUT2D eigenvalue weighted by molar-refractivity contribution is 5.94. The Kier molecular flexibility index (Phi) is 6.68. The van der Waals surface area contributed by atoms with Gasteiger partial charge in [0.05, 0.1) is 12.1 Å². The molecule has 0 saturated heterocycles. The van der Waals surface area contributed by atoms with Crippen molar-refractivity contribution in [2.75, 3.05) is 11.9 Å². The standard InChI is InChI=1S/C16H26N2O2/c1-11(2)9-15(19)10-17-13(4)16(20)18-14-7-5-12(3)6-8-14/h5-8,11,13,15,17,19H,9-10H2,1-4H3,(H,18,20). The van der Waals surface area contributed by atoms with Gasteiger partial charge in [0.2, 0.25) is 5.91 Å².